The Bertz CT molecular complexity index is 2070. The summed E-state index contributed by atoms with van der Waals surface area (Å²) in [4.78, 5) is 57.8. The maximum absolute atomic E-state index is 14.4. The number of anilines is 2. The molecule has 51 heavy (non-hydrogen) atoms. The molecule has 7 nitrogen and oxygen atoms in total. The highest BCUT2D eigenvalue weighted by Gasteiger charge is 2.68. The van der Waals surface area contributed by atoms with Gasteiger partial charge in [-0.2, -0.15) is 26.3 Å². The second-order valence-corrected chi connectivity index (χ2v) is 14.1. The molecule has 2 aliphatic heterocycles. The molecule has 0 radical (unpaired) electrons. The number of hydrogen-bond donors (Lipinski definition) is 1. The minimum absolute atomic E-state index is 0.00808. The minimum Gasteiger partial charge on any atom is -0.508 e. The second kappa shape index (κ2) is 11.5. The van der Waals surface area contributed by atoms with Gasteiger partial charge in [0.15, 0.2) is 0 Å². The van der Waals surface area contributed by atoms with E-state index >= 15 is 0 Å². The number of benzene rings is 3. The molecule has 1 saturated carbocycles. The zero-order chi connectivity index (χ0) is 37.1. The molecule has 0 bridgehead atoms. The van der Waals surface area contributed by atoms with Crippen LogP contribution in [-0.2, 0) is 31.5 Å². The highest BCUT2D eigenvalue weighted by Crippen LogP contribution is 2.64. The monoisotopic (exact) mass is 754 g/mol. The molecule has 3 aromatic carbocycles. The fourth-order valence-electron chi connectivity index (χ4n) is 8.30. The summed E-state index contributed by atoms with van der Waals surface area (Å²) in [5.41, 5.74) is -5.30. The molecular weight excluding hydrogens is 732 g/mol. The van der Waals surface area contributed by atoms with Crippen LogP contribution in [0.15, 0.2) is 66.2 Å². The summed E-state index contributed by atoms with van der Waals surface area (Å²) >= 11 is 12.6. The number of hydrogen-bond acceptors (Lipinski definition) is 5. The van der Waals surface area contributed by atoms with E-state index in [1.165, 1.54) is 31.2 Å². The molecule has 2 saturated heterocycles. The highest BCUT2D eigenvalue weighted by molar-refractivity contribution is 6.32. The Morgan fingerprint density at radius 3 is 2.00 bits per heavy atom. The number of phenolic OH excluding ortho intramolecular Hbond substituents is 1. The Labute approximate surface area is 294 Å². The number of allylic oxidation sites excluding steroid dienone is 2. The van der Waals surface area contributed by atoms with E-state index in [-0.39, 0.29) is 46.0 Å². The first-order chi connectivity index (χ1) is 23.7. The van der Waals surface area contributed by atoms with Crippen molar-refractivity contribution >= 4 is 58.2 Å². The van der Waals surface area contributed by atoms with Gasteiger partial charge in [-0.05, 0) is 79.8 Å². The maximum atomic E-state index is 14.4. The smallest absolute Gasteiger partial charge is 0.416 e. The van der Waals surface area contributed by atoms with Crippen LogP contribution in [0.25, 0.3) is 0 Å². The molecule has 4 aliphatic rings. The summed E-state index contributed by atoms with van der Waals surface area (Å²) in [6, 6.07) is 7.69. The molecule has 16 heteroatoms. The highest BCUT2D eigenvalue weighted by atomic mass is 35.5. The summed E-state index contributed by atoms with van der Waals surface area (Å²) in [6.07, 6.45) is -9.28. The molecule has 2 aliphatic carbocycles. The van der Waals surface area contributed by atoms with Crippen molar-refractivity contribution in [3.8, 4) is 5.75 Å². The molecule has 3 fully saturated rings. The first-order valence-corrected chi connectivity index (χ1v) is 16.2. The number of aromatic hydroxyl groups is 1. The molecule has 0 aromatic heterocycles. The maximum Gasteiger partial charge on any atom is 0.416 e. The summed E-state index contributed by atoms with van der Waals surface area (Å²) in [7, 11) is 0. The van der Waals surface area contributed by atoms with E-state index in [4.69, 9.17) is 23.2 Å². The number of amides is 4. The Morgan fingerprint density at radius 2 is 1.41 bits per heavy atom. The van der Waals surface area contributed by atoms with Gasteiger partial charge in [-0.15, -0.1) is 0 Å². The molecule has 1 N–H and O–H groups in total. The number of carbonyl (C=O) groups excluding carboxylic acids is 4. The van der Waals surface area contributed by atoms with E-state index in [9.17, 15) is 55.0 Å². The molecule has 3 aromatic rings. The van der Waals surface area contributed by atoms with Crippen molar-refractivity contribution in [2.24, 2.45) is 29.1 Å². The molecule has 7 rings (SSSR count). The molecule has 6 unspecified atom stereocenters. The molecule has 4 amide bonds. The van der Waals surface area contributed by atoms with Gasteiger partial charge < -0.3 is 5.11 Å². The number of halogens is 9. The SMILES string of the molecule is CC12C(=O)N(c3ccc(F)c(Cl)c3)C(=O)C1CC1C(=CCC3C(=O)N(c4cc(C(F)(F)F)cc(C(F)(F)F)c4)C(=O)C31)C2c1ccc(O)cc1Cl. The van der Waals surface area contributed by atoms with Crippen molar-refractivity contribution < 1.29 is 55.0 Å². The van der Waals surface area contributed by atoms with Crippen LogP contribution in [-0.4, -0.2) is 28.7 Å². The minimum atomic E-state index is -5.25. The van der Waals surface area contributed by atoms with Crippen LogP contribution in [0, 0.1) is 34.9 Å². The number of fused-ring (bicyclic) bond motifs is 4. The largest absolute Gasteiger partial charge is 0.508 e. The second-order valence-electron chi connectivity index (χ2n) is 13.2. The molecule has 6 atom stereocenters. The van der Waals surface area contributed by atoms with Crippen LogP contribution in [0.1, 0.15) is 42.4 Å². The summed E-state index contributed by atoms with van der Waals surface area (Å²) < 4.78 is 96.5. The van der Waals surface area contributed by atoms with Crippen molar-refractivity contribution in [2.45, 2.75) is 38.0 Å². The Balaban J connectivity index is 1.36. The van der Waals surface area contributed by atoms with Crippen molar-refractivity contribution in [1.29, 1.82) is 0 Å². The first-order valence-electron chi connectivity index (χ1n) is 15.4. The van der Waals surface area contributed by atoms with Gasteiger partial charge in [0.25, 0.3) is 0 Å². The topological polar surface area (TPSA) is 95.0 Å². The van der Waals surface area contributed by atoms with Gasteiger partial charge in [0.1, 0.15) is 11.6 Å². The van der Waals surface area contributed by atoms with Crippen molar-refractivity contribution in [1.82, 2.24) is 0 Å². The lowest BCUT2D eigenvalue weighted by molar-refractivity contribution is -0.143. The summed E-state index contributed by atoms with van der Waals surface area (Å²) in [5.74, 6) is -10.4. The van der Waals surface area contributed by atoms with Gasteiger partial charge in [-0.3, -0.25) is 19.2 Å². The van der Waals surface area contributed by atoms with Crippen LogP contribution in [0.2, 0.25) is 10.0 Å². The lowest BCUT2D eigenvalue weighted by atomic mass is 9.51. The van der Waals surface area contributed by atoms with E-state index in [1.807, 2.05) is 0 Å². The van der Waals surface area contributed by atoms with Crippen LogP contribution in [0.3, 0.4) is 0 Å². The number of imide groups is 2. The normalized spacial score (nSPS) is 27.8. The van der Waals surface area contributed by atoms with E-state index in [2.05, 4.69) is 0 Å². The number of carbonyl (C=O) groups is 4. The fourth-order valence-corrected chi connectivity index (χ4v) is 8.76. The molecule has 2 heterocycles. The lowest BCUT2D eigenvalue weighted by Gasteiger charge is -2.49. The molecule has 0 spiro atoms. The van der Waals surface area contributed by atoms with E-state index in [0.29, 0.717) is 22.6 Å². The number of nitrogens with zero attached hydrogens (tertiary/aromatic N) is 2. The van der Waals surface area contributed by atoms with E-state index in [1.54, 1.807) is 6.08 Å². The first kappa shape index (κ1) is 35.0. The predicted octanol–water partition coefficient (Wildman–Crippen LogP) is 8.31. The Kier molecular flexibility index (Phi) is 7.92. The van der Waals surface area contributed by atoms with Gasteiger partial charge in [-0.25, -0.2) is 14.2 Å². The zero-order valence-corrected chi connectivity index (χ0v) is 27.5. The predicted molar refractivity (Wildman–Crippen MR) is 168 cm³/mol. The van der Waals surface area contributed by atoms with Gasteiger partial charge >= 0.3 is 12.4 Å². The van der Waals surface area contributed by atoms with Crippen LogP contribution in [0.4, 0.5) is 42.1 Å². The Hall–Kier alpha value is -4.43. The third kappa shape index (κ3) is 5.23. The van der Waals surface area contributed by atoms with Crippen LogP contribution < -0.4 is 9.80 Å². The quantitative estimate of drug-likeness (QED) is 0.165. The fraction of sp³-hybridized carbons (Fsp3) is 0.314. The third-order valence-electron chi connectivity index (χ3n) is 10.6. The third-order valence-corrected chi connectivity index (χ3v) is 11.2. The van der Waals surface area contributed by atoms with Gasteiger partial charge in [0, 0.05) is 10.9 Å². The van der Waals surface area contributed by atoms with E-state index in [0.717, 1.165) is 17.0 Å². The van der Waals surface area contributed by atoms with Gasteiger partial charge in [0.2, 0.25) is 23.6 Å². The number of alkyl halides is 6. The average molecular weight is 755 g/mol. The summed E-state index contributed by atoms with van der Waals surface area (Å²) in [6.45, 7) is 1.52. The number of rotatable bonds is 3. The standard InChI is InChI=1S/C35H23Cl2F7N2O5/c1-33-23(30(49)46(32(33)51)16-2-7-26(38)25(37)11-16)13-22-19(28(33)20-4-3-18(47)12-24(20)36)5-6-21-27(22)31(50)45(29(21)48)17-9-14(34(39,40)41)8-15(10-17)35(42,43)44/h2-5,7-12,21-23,27-28,47H,6,13H2,1H3. The summed E-state index contributed by atoms with van der Waals surface area (Å²) in [5, 5.41) is 9.74. The number of phenols is 1. The van der Waals surface area contributed by atoms with Crippen LogP contribution in [0.5, 0.6) is 5.75 Å². The van der Waals surface area contributed by atoms with Crippen molar-refractivity contribution in [3.05, 3.63) is 98.8 Å². The van der Waals surface area contributed by atoms with Crippen LogP contribution >= 0.6 is 23.2 Å². The van der Waals surface area contributed by atoms with Crippen molar-refractivity contribution in [3.63, 3.8) is 0 Å². The zero-order valence-electron chi connectivity index (χ0n) is 26.0. The van der Waals surface area contributed by atoms with Gasteiger partial charge in [0.05, 0.1) is 50.7 Å². The van der Waals surface area contributed by atoms with Crippen molar-refractivity contribution in [2.75, 3.05) is 9.80 Å². The lowest BCUT2D eigenvalue weighted by Crippen LogP contribution is -2.49. The molecule has 266 valence electrons. The Morgan fingerprint density at radius 1 is 0.765 bits per heavy atom. The van der Waals surface area contributed by atoms with E-state index < -0.39 is 93.6 Å². The van der Waals surface area contributed by atoms with Gasteiger partial charge in [-0.1, -0.05) is 40.9 Å². The molecular formula is C35H23Cl2F7N2O5. The average Bonchev–Trinajstić information content (AvgIpc) is 3.41.